The van der Waals surface area contributed by atoms with Crippen LogP contribution in [-0.2, 0) is 14.8 Å². The average Bonchev–Trinajstić information content (AvgIpc) is 2.66. The molecule has 0 atom stereocenters. The number of ether oxygens (including phenoxy) is 1. The summed E-state index contributed by atoms with van der Waals surface area (Å²) in [5, 5.41) is 7.92. The fraction of sp³-hybridized carbons (Fsp3) is 0.625. The Balaban J connectivity index is 2.11. The minimum atomic E-state index is -3.52. The predicted molar refractivity (Wildman–Crippen MR) is 56.0 cm³/mol. The van der Waals surface area contributed by atoms with Gasteiger partial charge in [-0.2, -0.15) is 5.10 Å². The normalized spacial score (nSPS) is 18.8. The second-order valence-corrected chi connectivity index (χ2v) is 5.18. The van der Waals surface area contributed by atoms with Gasteiger partial charge in [0.15, 0.2) is 0 Å². The number of nitrogens with zero attached hydrogens (tertiary/aromatic N) is 2. The molecule has 0 aromatic carbocycles. The van der Waals surface area contributed by atoms with Crippen LogP contribution in [0.1, 0.15) is 5.69 Å². The Bertz CT molecular complexity index is 450. The lowest BCUT2D eigenvalue weighted by molar-refractivity contribution is 0.0272. The Labute approximate surface area is 93.8 Å². The molecule has 0 unspecified atom stereocenters. The van der Waals surface area contributed by atoms with Crippen molar-refractivity contribution in [1.29, 1.82) is 0 Å². The fourth-order valence-corrected chi connectivity index (χ4v) is 2.75. The van der Waals surface area contributed by atoms with Gasteiger partial charge in [0.05, 0.1) is 25.1 Å². The summed E-state index contributed by atoms with van der Waals surface area (Å²) in [5.74, 6) is 0. The molecule has 1 fully saturated rings. The van der Waals surface area contributed by atoms with E-state index in [0.29, 0.717) is 32.0 Å². The van der Waals surface area contributed by atoms with Gasteiger partial charge in [-0.25, -0.2) is 13.4 Å². The first-order chi connectivity index (χ1) is 7.59. The Hall–Kier alpha value is -0.960. The van der Waals surface area contributed by atoms with E-state index in [1.807, 2.05) is 0 Å². The first-order valence-corrected chi connectivity index (χ1v) is 6.43. The molecule has 0 spiro atoms. The summed E-state index contributed by atoms with van der Waals surface area (Å²) < 4.78 is 29.0. The Kier molecular flexibility index (Phi) is 3.24. The van der Waals surface area contributed by atoms with Gasteiger partial charge in [-0.05, 0) is 6.92 Å². The molecular formula is C8H14N4O3S. The van der Waals surface area contributed by atoms with Crippen LogP contribution in [0.2, 0.25) is 0 Å². The molecule has 1 aromatic rings. The van der Waals surface area contributed by atoms with Crippen LogP contribution < -0.4 is 4.83 Å². The number of nitrogens with one attached hydrogen (secondary N) is 2. The maximum absolute atomic E-state index is 11.9. The molecule has 1 aliphatic heterocycles. The molecule has 2 rings (SSSR count). The number of hydrogen-bond acceptors (Lipinski definition) is 5. The van der Waals surface area contributed by atoms with E-state index in [0.717, 1.165) is 0 Å². The molecule has 0 radical (unpaired) electrons. The number of H-pyrrole nitrogens is 1. The number of morpholine rings is 1. The lowest BCUT2D eigenvalue weighted by atomic mass is 10.5. The number of hydrazine groups is 1. The van der Waals surface area contributed by atoms with Crippen molar-refractivity contribution in [1.82, 2.24) is 20.0 Å². The second-order valence-electron chi connectivity index (χ2n) is 3.55. The molecule has 7 nitrogen and oxygen atoms in total. The van der Waals surface area contributed by atoms with E-state index in [9.17, 15) is 8.42 Å². The summed E-state index contributed by atoms with van der Waals surface area (Å²) in [5.41, 5.74) is 0.528. The predicted octanol–water partition coefficient (Wildman–Crippen LogP) is -0.756. The smallest absolute Gasteiger partial charge is 0.256 e. The Morgan fingerprint density at radius 3 is 2.75 bits per heavy atom. The van der Waals surface area contributed by atoms with Gasteiger partial charge >= 0.3 is 0 Å². The molecule has 1 saturated heterocycles. The quantitative estimate of drug-likeness (QED) is 0.732. The number of rotatable bonds is 3. The van der Waals surface area contributed by atoms with Crippen molar-refractivity contribution in [2.24, 2.45) is 0 Å². The summed E-state index contributed by atoms with van der Waals surface area (Å²) in [6.45, 7) is 3.84. The van der Waals surface area contributed by atoms with Crippen LogP contribution in [0.25, 0.3) is 0 Å². The zero-order valence-corrected chi connectivity index (χ0v) is 9.75. The van der Waals surface area contributed by atoms with E-state index in [1.54, 1.807) is 11.9 Å². The van der Waals surface area contributed by atoms with Crippen LogP contribution >= 0.6 is 0 Å². The summed E-state index contributed by atoms with van der Waals surface area (Å²) in [4.78, 5) is 2.68. The van der Waals surface area contributed by atoms with Crippen molar-refractivity contribution < 1.29 is 13.2 Å². The molecule has 0 amide bonds. The highest BCUT2D eigenvalue weighted by molar-refractivity contribution is 7.89. The van der Waals surface area contributed by atoms with Crippen molar-refractivity contribution in [3.05, 3.63) is 11.9 Å². The summed E-state index contributed by atoms with van der Waals surface area (Å²) in [7, 11) is -3.52. The molecule has 0 bridgehead atoms. The average molecular weight is 246 g/mol. The third kappa shape index (κ3) is 2.40. The molecule has 2 N–H and O–H groups in total. The minimum absolute atomic E-state index is 0.180. The van der Waals surface area contributed by atoms with Crippen molar-refractivity contribution in [2.45, 2.75) is 11.8 Å². The third-order valence-corrected chi connectivity index (χ3v) is 3.82. The summed E-state index contributed by atoms with van der Waals surface area (Å²) >= 11 is 0. The van der Waals surface area contributed by atoms with E-state index >= 15 is 0 Å². The van der Waals surface area contributed by atoms with Crippen LogP contribution in [0.3, 0.4) is 0 Å². The van der Waals surface area contributed by atoms with E-state index in [4.69, 9.17) is 4.74 Å². The highest BCUT2D eigenvalue weighted by atomic mass is 32.2. The van der Waals surface area contributed by atoms with E-state index in [-0.39, 0.29) is 4.90 Å². The van der Waals surface area contributed by atoms with Gasteiger partial charge in [0.25, 0.3) is 10.0 Å². The lowest BCUT2D eigenvalue weighted by Gasteiger charge is -2.26. The van der Waals surface area contributed by atoms with Gasteiger partial charge in [-0.15, -0.1) is 4.83 Å². The second kappa shape index (κ2) is 4.50. The van der Waals surface area contributed by atoms with Crippen LogP contribution in [0, 0.1) is 6.92 Å². The van der Waals surface area contributed by atoms with Crippen molar-refractivity contribution in [2.75, 3.05) is 26.3 Å². The highest BCUT2D eigenvalue weighted by Gasteiger charge is 2.22. The molecule has 0 saturated carbocycles. The van der Waals surface area contributed by atoms with Gasteiger partial charge in [0, 0.05) is 13.1 Å². The first-order valence-electron chi connectivity index (χ1n) is 4.95. The van der Waals surface area contributed by atoms with Gasteiger partial charge in [-0.1, -0.05) is 0 Å². The largest absolute Gasteiger partial charge is 0.379 e. The van der Waals surface area contributed by atoms with E-state index in [2.05, 4.69) is 15.0 Å². The SMILES string of the molecule is Cc1[nH]ncc1S(=O)(=O)NN1CCOCC1. The topological polar surface area (TPSA) is 87.3 Å². The summed E-state index contributed by atoms with van der Waals surface area (Å²) in [6.07, 6.45) is 1.30. The number of aromatic amines is 1. The van der Waals surface area contributed by atoms with E-state index < -0.39 is 10.0 Å². The van der Waals surface area contributed by atoms with Gasteiger partial charge < -0.3 is 4.74 Å². The Morgan fingerprint density at radius 2 is 2.19 bits per heavy atom. The van der Waals surface area contributed by atoms with Gasteiger partial charge in [0.1, 0.15) is 4.90 Å². The van der Waals surface area contributed by atoms with Crippen LogP contribution in [0.4, 0.5) is 0 Å². The van der Waals surface area contributed by atoms with Gasteiger partial charge in [0.2, 0.25) is 0 Å². The first kappa shape index (κ1) is 11.5. The highest BCUT2D eigenvalue weighted by Crippen LogP contribution is 2.11. The standard InChI is InChI=1S/C8H14N4O3S/c1-7-8(6-9-10-7)16(13,14)11-12-2-4-15-5-3-12/h6,11H,2-5H2,1H3,(H,9,10). The van der Waals surface area contributed by atoms with Crippen LogP contribution in [0.5, 0.6) is 0 Å². The van der Waals surface area contributed by atoms with E-state index in [1.165, 1.54) is 6.20 Å². The molecule has 8 heteroatoms. The number of sulfonamides is 1. The van der Waals surface area contributed by atoms with Crippen LogP contribution in [0.15, 0.2) is 11.1 Å². The van der Waals surface area contributed by atoms with Crippen molar-refractivity contribution >= 4 is 10.0 Å². The molecule has 2 heterocycles. The molecule has 90 valence electrons. The number of hydrogen-bond donors (Lipinski definition) is 2. The lowest BCUT2D eigenvalue weighted by Crippen LogP contribution is -2.48. The molecule has 16 heavy (non-hydrogen) atoms. The fourth-order valence-electron chi connectivity index (χ4n) is 1.48. The molecular weight excluding hydrogens is 232 g/mol. The Morgan fingerprint density at radius 1 is 1.50 bits per heavy atom. The zero-order chi connectivity index (χ0) is 11.6. The zero-order valence-electron chi connectivity index (χ0n) is 8.93. The molecule has 0 aliphatic carbocycles. The number of aromatic nitrogens is 2. The van der Waals surface area contributed by atoms with Crippen molar-refractivity contribution in [3.8, 4) is 0 Å². The molecule has 1 aliphatic rings. The maximum atomic E-state index is 11.9. The monoisotopic (exact) mass is 246 g/mol. The summed E-state index contributed by atoms with van der Waals surface area (Å²) in [6, 6.07) is 0. The van der Waals surface area contributed by atoms with Crippen LogP contribution in [-0.4, -0.2) is 49.9 Å². The third-order valence-electron chi connectivity index (χ3n) is 2.33. The van der Waals surface area contributed by atoms with Gasteiger partial charge in [-0.3, -0.25) is 5.10 Å². The maximum Gasteiger partial charge on any atom is 0.256 e. The number of aryl methyl sites for hydroxylation is 1. The molecule has 1 aromatic heterocycles. The van der Waals surface area contributed by atoms with Crippen molar-refractivity contribution in [3.63, 3.8) is 0 Å². The minimum Gasteiger partial charge on any atom is -0.379 e.